The number of anilines is 1. The predicted molar refractivity (Wildman–Crippen MR) is 114 cm³/mol. The van der Waals surface area contributed by atoms with Gasteiger partial charge < -0.3 is 10.1 Å². The van der Waals surface area contributed by atoms with Gasteiger partial charge in [0.15, 0.2) is 0 Å². The Hall–Kier alpha value is -3.67. The lowest BCUT2D eigenvalue weighted by atomic mass is 9.83. The average Bonchev–Trinajstić information content (AvgIpc) is 3.24. The number of carbonyl (C=O) groups excluding carboxylic acids is 2. The lowest BCUT2D eigenvalue weighted by Gasteiger charge is -2.29. The number of benzene rings is 2. The van der Waals surface area contributed by atoms with E-state index >= 15 is 0 Å². The molecule has 0 saturated heterocycles. The van der Waals surface area contributed by atoms with Gasteiger partial charge in [-0.3, -0.25) is 9.59 Å². The second-order valence-corrected chi connectivity index (χ2v) is 8.15. The summed E-state index contributed by atoms with van der Waals surface area (Å²) in [5.74, 6) is 0.202. The van der Waals surface area contributed by atoms with Crippen LogP contribution in [-0.2, 0) is 9.53 Å². The summed E-state index contributed by atoms with van der Waals surface area (Å²) >= 11 is 0. The molecule has 0 radical (unpaired) electrons. The molecule has 1 aliphatic carbocycles. The number of hydrogen-bond donors (Lipinski definition) is 1. The maximum atomic E-state index is 13.1. The van der Waals surface area contributed by atoms with Gasteiger partial charge in [-0.25, -0.2) is 4.68 Å². The van der Waals surface area contributed by atoms with Gasteiger partial charge in [-0.1, -0.05) is 42.5 Å². The van der Waals surface area contributed by atoms with Gasteiger partial charge in [-0.05, 0) is 32.9 Å². The van der Waals surface area contributed by atoms with E-state index in [0.29, 0.717) is 22.5 Å². The lowest BCUT2D eigenvalue weighted by Crippen LogP contribution is -2.43. The quantitative estimate of drug-likeness (QED) is 0.675. The highest BCUT2D eigenvalue weighted by molar-refractivity contribution is 6.52. The first-order chi connectivity index (χ1) is 14.4. The van der Waals surface area contributed by atoms with E-state index in [2.05, 4.69) is 10.4 Å². The SMILES string of the molecule is Cc1cc(NC2C3=C(OC2(C)C)c2ccccc2C(=O)C3=O)n(-c2ccccc2)n1. The molecule has 5 rings (SSSR count). The highest BCUT2D eigenvalue weighted by Crippen LogP contribution is 2.44. The minimum Gasteiger partial charge on any atom is -0.484 e. The van der Waals surface area contributed by atoms with Crippen molar-refractivity contribution >= 4 is 23.1 Å². The normalized spacial score (nSPS) is 19.4. The van der Waals surface area contributed by atoms with Crippen LogP contribution < -0.4 is 5.32 Å². The largest absolute Gasteiger partial charge is 0.484 e. The summed E-state index contributed by atoms with van der Waals surface area (Å²) in [7, 11) is 0. The molecule has 1 aromatic heterocycles. The molecule has 1 unspecified atom stereocenters. The molecule has 0 fully saturated rings. The molecule has 0 bridgehead atoms. The Bertz CT molecular complexity index is 1220. The molecule has 6 nitrogen and oxygen atoms in total. The van der Waals surface area contributed by atoms with E-state index in [0.717, 1.165) is 17.2 Å². The third-order valence-electron chi connectivity index (χ3n) is 5.59. The number of hydrogen-bond acceptors (Lipinski definition) is 5. The van der Waals surface area contributed by atoms with Crippen molar-refractivity contribution in [3.63, 3.8) is 0 Å². The summed E-state index contributed by atoms with van der Waals surface area (Å²) in [5.41, 5.74) is 2.43. The highest BCUT2D eigenvalue weighted by Gasteiger charge is 2.51. The first-order valence-electron chi connectivity index (χ1n) is 9.87. The number of carbonyl (C=O) groups is 2. The van der Waals surface area contributed by atoms with Crippen LogP contribution in [0, 0.1) is 6.92 Å². The topological polar surface area (TPSA) is 73.2 Å². The van der Waals surface area contributed by atoms with Gasteiger partial charge >= 0.3 is 0 Å². The number of aryl methyl sites for hydroxylation is 1. The van der Waals surface area contributed by atoms with Gasteiger partial charge in [0.2, 0.25) is 11.6 Å². The van der Waals surface area contributed by atoms with Crippen molar-refractivity contribution in [2.75, 3.05) is 5.32 Å². The fourth-order valence-electron chi connectivity index (χ4n) is 4.18. The molecule has 150 valence electrons. The van der Waals surface area contributed by atoms with Gasteiger partial charge in [0.05, 0.1) is 23.0 Å². The van der Waals surface area contributed by atoms with E-state index in [1.807, 2.05) is 69.3 Å². The van der Waals surface area contributed by atoms with Crippen LogP contribution >= 0.6 is 0 Å². The zero-order valence-corrected chi connectivity index (χ0v) is 17.0. The second-order valence-electron chi connectivity index (χ2n) is 8.15. The molecule has 30 heavy (non-hydrogen) atoms. The molecule has 0 saturated carbocycles. The number of Topliss-reactive ketones (excluding diaryl/α,β-unsaturated/α-hetero) is 2. The standard InChI is InChI=1S/C24H21N3O3/c1-14-13-18(27(26-14)15-9-5-4-6-10-15)25-23-19-21(29)20(28)16-11-7-8-12-17(16)22(19)30-24(23,2)3/h4-13,23,25H,1-3H3. The summed E-state index contributed by atoms with van der Waals surface area (Å²) in [6.07, 6.45) is 0. The van der Waals surface area contributed by atoms with Gasteiger partial charge in [0, 0.05) is 17.2 Å². The molecular formula is C24H21N3O3. The molecule has 0 amide bonds. The number of ketones is 2. The Morgan fingerprint density at radius 3 is 2.37 bits per heavy atom. The van der Waals surface area contributed by atoms with E-state index in [-0.39, 0.29) is 0 Å². The van der Waals surface area contributed by atoms with E-state index in [9.17, 15) is 9.59 Å². The predicted octanol–water partition coefficient (Wildman–Crippen LogP) is 3.95. The summed E-state index contributed by atoms with van der Waals surface area (Å²) in [6, 6.07) is 18.3. The van der Waals surface area contributed by atoms with Crippen molar-refractivity contribution in [1.82, 2.24) is 9.78 Å². The van der Waals surface area contributed by atoms with Crippen LogP contribution in [0.2, 0.25) is 0 Å². The minimum absolute atomic E-state index is 0.377. The summed E-state index contributed by atoms with van der Waals surface area (Å²) in [6.45, 7) is 5.75. The molecule has 1 atom stereocenters. The fourth-order valence-corrected chi connectivity index (χ4v) is 4.18. The molecule has 3 aromatic rings. The van der Waals surface area contributed by atoms with Crippen LogP contribution in [0.25, 0.3) is 11.4 Å². The maximum absolute atomic E-state index is 13.1. The smallest absolute Gasteiger partial charge is 0.235 e. The van der Waals surface area contributed by atoms with E-state index in [1.54, 1.807) is 16.8 Å². The Kier molecular flexibility index (Phi) is 3.93. The van der Waals surface area contributed by atoms with Gasteiger partial charge in [-0.15, -0.1) is 0 Å². The summed E-state index contributed by atoms with van der Waals surface area (Å²) in [5, 5.41) is 8.03. The van der Waals surface area contributed by atoms with Crippen LogP contribution in [0.3, 0.4) is 0 Å². The zero-order chi connectivity index (χ0) is 21.0. The van der Waals surface area contributed by atoms with E-state index in [1.165, 1.54) is 0 Å². The fraction of sp³-hybridized carbons (Fsp3) is 0.208. The number of para-hydroxylation sites is 1. The highest BCUT2D eigenvalue weighted by atomic mass is 16.5. The molecule has 2 heterocycles. The first-order valence-corrected chi connectivity index (χ1v) is 9.87. The van der Waals surface area contributed by atoms with Crippen LogP contribution in [0.15, 0.2) is 66.2 Å². The van der Waals surface area contributed by atoms with Crippen LogP contribution in [-0.4, -0.2) is 33.0 Å². The molecule has 2 aliphatic rings. The van der Waals surface area contributed by atoms with Gasteiger partial charge in [0.1, 0.15) is 17.2 Å². The van der Waals surface area contributed by atoms with E-state index in [4.69, 9.17) is 4.74 Å². The number of nitrogens with one attached hydrogen (secondary N) is 1. The Morgan fingerprint density at radius 1 is 0.967 bits per heavy atom. The molecule has 1 aliphatic heterocycles. The minimum atomic E-state index is -0.738. The maximum Gasteiger partial charge on any atom is 0.235 e. The van der Waals surface area contributed by atoms with Crippen LogP contribution in [0.4, 0.5) is 5.82 Å². The molecule has 0 spiro atoms. The number of ether oxygens (including phenoxy) is 1. The second kappa shape index (κ2) is 6.42. The molecular weight excluding hydrogens is 378 g/mol. The molecule has 2 aromatic carbocycles. The Labute approximate surface area is 174 Å². The number of fused-ring (bicyclic) bond motifs is 2. The third kappa shape index (κ3) is 2.68. The van der Waals surface area contributed by atoms with Crippen LogP contribution in [0.1, 0.15) is 35.5 Å². The Balaban J connectivity index is 1.62. The molecule has 1 N–H and O–H groups in total. The monoisotopic (exact) mass is 399 g/mol. The first kappa shape index (κ1) is 18.4. The van der Waals surface area contributed by atoms with Crippen molar-refractivity contribution in [3.05, 3.63) is 83.1 Å². The van der Waals surface area contributed by atoms with Gasteiger partial charge in [-0.2, -0.15) is 5.10 Å². The van der Waals surface area contributed by atoms with Gasteiger partial charge in [0.25, 0.3) is 0 Å². The zero-order valence-electron chi connectivity index (χ0n) is 17.0. The summed E-state index contributed by atoms with van der Waals surface area (Å²) < 4.78 is 8.05. The van der Waals surface area contributed by atoms with Crippen molar-refractivity contribution in [2.24, 2.45) is 0 Å². The van der Waals surface area contributed by atoms with E-state index < -0.39 is 23.2 Å². The summed E-state index contributed by atoms with van der Waals surface area (Å²) in [4.78, 5) is 25.8. The van der Waals surface area contributed by atoms with Crippen LogP contribution in [0.5, 0.6) is 0 Å². The van der Waals surface area contributed by atoms with Crippen molar-refractivity contribution in [1.29, 1.82) is 0 Å². The van der Waals surface area contributed by atoms with Crippen molar-refractivity contribution in [3.8, 4) is 5.69 Å². The van der Waals surface area contributed by atoms with Crippen molar-refractivity contribution < 1.29 is 14.3 Å². The number of nitrogens with zero attached hydrogens (tertiary/aromatic N) is 2. The lowest BCUT2D eigenvalue weighted by molar-refractivity contribution is -0.112. The van der Waals surface area contributed by atoms with Crippen molar-refractivity contribution in [2.45, 2.75) is 32.4 Å². The Morgan fingerprint density at radius 2 is 1.63 bits per heavy atom. The number of rotatable bonds is 3. The average molecular weight is 399 g/mol. The number of aromatic nitrogens is 2. The third-order valence-corrected chi connectivity index (χ3v) is 5.59. The molecule has 6 heteroatoms.